The number of hydrogen-bond donors (Lipinski definition) is 3. The van der Waals surface area contributed by atoms with Crippen molar-refractivity contribution >= 4 is 5.84 Å². The molecule has 0 heterocycles. The molecule has 17 heavy (non-hydrogen) atoms. The quantitative estimate of drug-likeness (QED) is 0.228. The van der Waals surface area contributed by atoms with Gasteiger partial charge in [-0.25, -0.2) is 0 Å². The SMILES string of the molecule is CC(C)(CCNC1CCCCCC1)C(N)=NO. The Kier molecular flexibility index (Phi) is 5.75. The maximum Gasteiger partial charge on any atom is 0.144 e. The minimum absolute atomic E-state index is 0.230. The Bertz CT molecular complexity index is 243. The molecule has 0 aliphatic heterocycles. The van der Waals surface area contributed by atoms with E-state index in [9.17, 15) is 0 Å². The largest absolute Gasteiger partial charge is 0.409 e. The molecular weight excluding hydrogens is 214 g/mol. The van der Waals surface area contributed by atoms with Crippen LogP contribution in [-0.2, 0) is 0 Å². The summed E-state index contributed by atoms with van der Waals surface area (Å²) in [6.45, 7) is 4.96. The van der Waals surface area contributed by atoms with E-state index in [0.717, 1.165) is 13.0 Å². The van der Waals surface area contributed by atoms with Crippen LogP contribution in [0.2, 0.25) is 0 Å². The van der Waals surface area contributed by atoms with Gasteiger partial charge in [0.2, 0.25) is 0 Å². The maximum atomic E-state index is 8.70. The van der Waals surface area contributed by atoms with Gasteiger partial charge in [-0.15, -0.1) is 0 Å². The fourth-order valence-corrected chi connectivity index (χ4v) is 2.34. The number of nitrogens with two attached hydrogens (primary N) is 1. The Morgan fingerprint density at radius 3 is 2.41 bits per heavy atom. The van der Waals surface area contributed by atoms with E-state index in [-0.39, 0.29) is 5.41 Å². The van der Waals surface area contributed by atoms with E-state index >= 15 is 0 Å². The first-order chi connectivity index (χ1) is 8.06. The summed E-state index contributed by atoms with van der Waals surface area (Å²) < 4.78 is 0. The van der Waals surface area contributed by atoms with Crippen molar-refractivity contribution in [3.05, 3.63) is 0 Å². The predicted molar refractivity (Wildman–Crippen MR) is 71.3 cm³/mol. The highest BCUT2D eigenvalue weighted by atomic mass is 16.4. The van der Waals surface area contributed by atoms with Crippen molar-refractivity contribution in [3.8, 4) is 0 Å². The van der Waals surface area contributed by atoms with Crippen LogP contribution in [0.25, 0.3) is 0 Å². The van der Waals surface area contributed by atoms with Crippen LogP contribution in [0.1, 0.15) is 58.8 Å². The minimum atomic E-state index is -0.230. The molecule has 1 saturated carbocycles. The van der Waals surface area contributed by atoms with Crippen LogP contribution in [0.3, 0.4) is 0 Å². The molecule has 0 aromatic rings. The van der Waals surface area contributed by atoms with Crippen LogP contribution in [0, 0.1) is 5.41 Å². The molecule has 1 aliphatic rings. The highest BCUT2D eigenvalue weighted by molar-refractivity contribution is 5.85. The van der Waals surface area contributed by atoms with Crippen LogP contribution < -0.4 is 11.1 Å². The third-order valence-electron chi connectivity index (χ3n) is 3.84. The molecule has 0 spiro atoms. The standard InChI is InChI=1S/C13H27N3O/c1-13(2,12(14)16-17)9-10-15-11-7-5-3-4-6-8-11/h11,15,17H,3-10H2,1-2H3,(H2,14,16). The Hall–Kier alpha value is -0.770. The summed E-state index contributed by atoms with van der Waals surface area (Å²) in [6.07, 6.45) is 8.96. The van der Waals surface area contributed by atoms with Gasteiger partial charge in [-0.05, 0) is 25.8 Å². The van der Waals surface area contributed by atoms with Crippen LogP contribution in [0.5, 0.6) is 0 Å². The lowest BCUT2D eigenvalue weighted by Gasteiger charge is -2.24. The summed E-state index contributed by atoms with van der Waals surface area (Å²) in [4.78, 5) is 0. The normalized spacial score (nSPS) is 20.2. The summed E-state index contributed by atoms with van der Waals surface area (Å²) in [5.74, 6) is 0.320. The second-order valence-electron chi connectivity index (χ2n) is 5.76. The van der Waals surface area contributed by atoms with Gasteiger partial charge in [0.1, 0.15) is 5.84 Å². The summed E-state index contributed by atoms with van der Waals surface area (Å²) in [5, 5.41) is 15.4. The molecule has 0 atom stereocenters. The summed E-state index contributed by atoms with van der Waals surface area (Å²) in [7, 11) is 0. The second-order valence-corrected chi connectivity index (χ2v) is 5.76. The summed E-state index contributed by atoms with van der Waals surface area (Å²) in [6, 6.07) is 0.667. The molecule has 0 amide bonds. The van der Waals surface area contributed by atoms with Crippen molar-refractivity contribution in [3.63, 3.8) is 0 Å². The number of nitrogens with zero attached hydrogens (tertiary/aromatic N) is 1. The first-order valence-electron chi connectivity index (χ1n) is 6.77. The maximum absolute atomic E-state index is 8.70. The number of nitrogens with one attached hydrogen (secondary N) is 1. The van der Waals surface area contributed by atoms with Crippen molar-refractivity contribution in [2.45, 2.75) is 64.8 Å². The number of oxime groups is 1. The first-order valence-corrected chi connectivity index (χ1v) is 6.77. The van der Waals surface area contributed by atoms with Gasteiger partial charge in [0.25, 0.3) is 0 Å². The molecule has 0 unspecified atom stereocenters. The Morgan fingerprint density at radius 1 is 1.29 bits per heavy atom. The third-order valence-corrected chi connectivity index (χ3v) is 3.84. The second kappa shape index (κ2) is 6.84. The molecule has 0 aromatic carbocycles. The lowest BCUT2D eigenvalue weighted by molar-refractivity contribution is 0.303. The fraction of sp³-hybridized carbons (Fsp3) is 0.923. The molecule has 0 radical (unpaired) electrons. The first kappa shape index (κ1) is 14.3. The van der Waals surface area contributed by atoms with Gasteiger partial charge in [-0.1, -0.05) is 44.7 Å². The average Bonchev–Trinajstić information content (AvgIpc) is 2.56. The molecule has 4 heteroatoms. The van der Waals surface area contributed by atoms with Crippen LogP contribution in [-0.4, -0.2) is 23.6 Å². The zero-order chi connectivity index (χ0) is 12.7. The average molecular weight is 241 g/mol. The van der Waals surface area contributed by atoms with Gasteiger partial charge < -0.3 is 16.3 Å². The van der Waals surface area contributed by atoms with Gasteiger partial charge in [0, 0.05) is 11.5 Å². The highest BCUT2D eigenvalue weighted by Crippen LogP contribution is 2.21. The molecule has 1 fully saturated rings. The van der Waals surface area contributed by atoms with E-state index in [1.54, 1.807) is 0 Å². The molecule has 0 aromatic heterocycles. The summed E-state index contributed by atoms with van der Waals surface area (Å²) >= 11 is 0. The summed E-state index contributed by atoms with van der Waals surface area (Å²) in [5.41, 5.74) is 5.44. The van der Waals surface area contributed by atoms with Gasteiger partial charge >= 0.3 is 0 Å². The molecule has 1 aliphatic carbocycles. The van der Waals surface area contributed by atoms with Crippen molar-refractivity contribution < 1.29 is 5.21 Å². The topological polar surface area (TPSA) is 70.6 Å². The monoisotopic (exact) mass is 241 g/mol. The smallest absolute Gasteiger partial charge is 0.144 e. The third kappa shape index (κ3) is 4.94. The Morgan fingerprint density at radius 2 is 1.88 bits per heavy atom. The van der Waals surface area contributed by atoms with E-state index in [2.05, 4.69) is 10.5 Å². The molecule has 0 saturated heterocycles. The predicted octanol–water partition coefficient (Wildman–Crippen LogP) is 2.46. The zero-order valence-corrected chi connectivity index (χ0v) is 11.2. The van der Waals surface area contributed by atoms with E-state index in [0.29, 0.717) is 11.9 Å². The minimum Gasteiger partial charge on any atom is -0.409 e. The van der Waals surface area contributed by atoms with E-state index in [1.807, 2.05) is 13.8 Å². The molecule has 4 nitrogen and oxygen atoms in total. The molecule has 0 bridgehead atoms. The van der Waals surface area contributed by atoms with Crippen LogP contribution in [0.15, 0.2) is 5.16 Å². The van der Waals surface area contributed by atoms with Crippen molar-refractivity contribution in [1.29, 1.82) is 0 Å². The van der Waals surface area contributed by atoms with Gasteiger partial charge in [0.05, 0.1) is 0 Å². The molecule has 1 rings (SSSR count). The van der Waals surface area contributed by atoms with Gasteiger partial charge in [-0.2, -0.15) is 0 Å². The van der Waals surface area contributed by atoms with E-state index in [4.69, 9.17) is 10.9 Å². The molecule has 4 N–H and O–H groups in total. The molecule has 100 valence electrons. The highest BCUT2D eigenvalue weighted by Gasteiger charge is 2.23. The van der Waals surface area contributed by atoms with Crippen LogP contribution >= 0.6 is 0 Å². The molecular formula is C13H27N3O. The van der Waals surface area contributed by atoms with Crippen molar-refractivity contribution in [2.75, 3.05) is 6.54 Å². The van der Waals surface area contributed by atoms with E-state index < -0.39 is 0 Å². The number of rotatable bonds is 5. The number of hydrogen-bond acceptors (Lipinski definition) is 3. The number of amidine groups is 1. The van der Waals surface area contributed by atoms with Crippen molar-refractivity contribution in [2.24, 2.45) is 16.3 Å². The Balaban J connectivity index is 2.26. The zero-order valence-electron chi connectivity index (χ0n) is 11.2. The van der Waals surface area contributed by atoms with E-state index in [1.165, 1.54) is 38.5 Å². The van der Waals surface area contributed by atoms with Crippen LogP contribution in [0.4, 0.5) is 0 Å². The van der Waals surface area contributed by atoms with Gasteiger partial charge in [0.15, 0.2) is 0 Å². The lowest BCUT2D eigenvalue weighted by Crippen LogP contribution is -2.37. The Labute approximate surface area is 105 Å². The fourth-order valence-electron chi connectivity index (χ4n) is 2.34. The van der Waals surface area contributed by atoms with Gasteiger partial charge in [-0.3, -0.25) is 0 Å². The lowest BCUT2D eigenvalue weighted by atomic mass is 9.88. The van der Waals surface area contributed by atoms with Crippen molar-refractivity contribution in [1.82, 2.24) is 5.32 Å².